The van der Waals surface area contributed by atoms with E-state index in [9.17, 15) is 8.78 Å². The highest BCUT2D eigenvalue weighted by Gasteiger charge is 2.15. The lowest BCUT2D eigenvalue weighted by molar-refractivity contribution is 0.00384. The summed E-state index contributed by atoms with van der Waals surface area (Å²) in [6.45, 7) is 1.63. The fourth-order valence-corrected chi connectivity index (χ4v) is 0.967. The molecule has 78 valence electrons. The molecule has 5 heteroatoms. The van der Waals surface area contributed by atoms with E-state index in [0.29, 0.717) is 5.69 Å². The first-order valence-electron chi connectivity index (χ1n) is 4.22. The third-order valence-corrected chi connectivity index (χ3v) is 1.70. The van der Waals surface area contributed by atoms with E-state index in [4.69, 9.17) is 5.11 Å². The standard InChI is InChI=1S/C9H12F2N2O/c1-6-4-7(2-3-12-6)13-5-8(14)9(10)11/h2-4,8-9,14H,5H2,1H3,(H,12,13). The number of aromatic nitrogens is 1. The topological polar surface area (TPSA) is 45.1 Å². The Balaban J connectivity index is 2.45. The number of halogens is 2. The Kier molecular flexibility index (Phi) is 3.76. The second-order valence-corrected chi connectivity index (χ2v) is 2.97. The first-order chi connectivity index (χ1) is 6.59. The van der Waals surface area contributed by atoms with Gasteiger partial charge in [0.15, 0.2) is 0 Å². The van der Waals surface area contributed by atoms with Crippen LogP contribution in [0.25, 0.3) is 0 Å². The van der Waals surface area contributed by atoms with Crippen LogP contribution in [0.5, 0.6) is 0 Å². The molecule has 0 fully saturated rings. The molecular formula is C9H12F2N2O. The number of hydrogen-bond acceptors (Lipinski definition) is 3. The van der Waals surface area contributed by atoms with Gasteiger partial charge in [0.2, 0.25) is 0 Å². The molecule has 0 aliphatic rings. The number of aliphatic hydroxyl groups is 1. The van der Waals surface area contributed by atoms with E-state index >= 15 is 0 Å². The van der Waals surface area contributed by atoms with Gasteiger partial charge >= 0.3 is 0 Å². The smallest absolute Gasteiger partial charge is 0.265 e. The molecule has 0 spiro atoms. The van der Waals surface area contributed by atoms with Crippen molar-refractivity contribution in [2.45, 2.75) is 19.5 Å². The Morgan fingerprint density at radius 2 is 2.29 bits per heavy atom. The molecule has 0 aromatic carbocycles. The molecule has 0 bridgehead atoms. The van der Waals surface area contributed by atoms with Crippen LogP contribution in [0, 0.1) is 6.92 Å². The fraction of sp³-hybridized carbons (Fsp3) is 0.444. The zero-order valence-corrected chi connectivity index (χ0v) is 7.74. The first kappa shape index (κ1) is 10.8. The Morgan fingerprint density at radius 3 is 2.86 bits per heavy atom. The molecule has 1 atom stereocenters. The molecule has 2 N–H and O–H groups in total. The number of aryl methyl sites for hydroxylation is 1. The van der Waals surface area contributed by atoms with Crippen LogP contribution in [0.1, 0.15) is 5.69 Å². The lowest BCUT2D eigenvalue weighted by Gasteiger charge is -2.11. The molecule has 0 amide bonds. The summed E-state index contributed by atoms with van der Waals surface area (Å²) in [4.78, 5) is 3.95. The summed E-state index contributed by atoms with van der Waals surface area (Å²) in [5.74, 6) is 0. The molecule has 1 unspecified atom stereocenters. The maximum atomic E-state index is 11.9. The van der Waals surface area contributed by atoms with Gasteiger partial charge in [-0.25, -0.2) is 8.78 Å². The van der Waals surface area contributed by atoms with Crippen LogP contribution in [0.15, 0.2) is 18.3 Å². The minimum atomic E-state index is -2.72. The maximum absolute atomic E-state index is 11.9. The molecule has 0 saturated heterocycles. The van der Waals surface area contributed by atoms with Crippen molar-refractivity contribution in [3.8, 4) is 0 Å². The van der Waals surface area contributed by atoms with E-state index in [1.54, 1.807) is 25.3 Å². The Labute approximate surface area is 80.8 Å². The van der Waals surface area contributed by atoms with Crippen molar-refractivity contribution in [1.29, 1.82) is 0 Å². The molecule has 1 heterocycles. The van der Waals surface area contributed by atoms with Crippen molar-refractivity contribution in [2.24, 2.45) is 0 Å². The summed E-state index contributed by atoms with van der Waals surface area (Å²) in [7, 11) is 0. The Morgan fingerprint density at radius 1 is 1.57 bits per heavy atom. The molecule has 1 aromatic rings. The SMILES string of the molecule is Cc1cc(NCC(O)C(F)F)ccn1. The number of nitrogens with one attached hydrogen (secondary N) is 1. The lowest BCUT2D eigenvalue weighted by atomic mass is 10.3. The molecular weight excluding hydrogens is 190 g/mol. The predicted octanol–water partition coefficient (Wildman–Crippen LogP) is 1.43. The number of hydrogen-bond donors (Lipinski definition) is 2. The van der Waals surface area contributed by atoms with Crippen molar-refractivity contribution >= 4 is 5.69 Å². The summed E-state index contributed by atoms with van der Waals surface area (Å²) < 4.78 is 23.8. The number of anilines is 1. The minimum absolute atomic E-state index is 0.166. The highest BCUT2D eigenvalue weighted by molar-refractivity contribution is 5.42. The zero-order valence-electron chi connectivity index (χ0n) is 7.74. The zero-order chi connectivity index (χ0) is 10.6. The van der Waals surface area contributed by atoms with Gasteiger partial charge in [-0.1, -0.05) is 0 Å². The molecule has 0 radical (unpaired) electrons. The van der Waals surface area contributed by atoms with Gasteiger partial charge in [0.1, 0.15) is 6.10 Å². The summed E-state index contributed by atoms with van der Waals surface area (Å²) in [6.07, 6.45) is -2.78. The van der Waals surface area contributed by atoms with Crippen molar-refractivity contribution in [3.05, 3.63) is 24.0 Å². The lowest BCUT2D eigenvalue weighted by Crippen LogP contribution is -2.26. The Bertz CT molecular complexity index is 294. The van der Waals surface area contributed by atoms with Gasteiger partial charge in [-0.3, -0.25) is 4.98 Å². The second kappa shape index (κ2) is 4.85. The first-order valence-corrected chi connectivity index (χ1v) is 4.22. The van der Waals surface area contributed by atoms with Crippen molar-refractivity contribution in [1.82, 2.24) is 4.98 Å². The van der Waals surface area contributed by atoms with E-state index in [1.165, 1.54) is 0 Å². The molecule has 1 aromatic heterocycles. The summed E-state index contributed by atoms with van der Waals surface area (Å²) >= 11 is 0. The molecule has 0 aliphatic carbocycles. The largest absolute Gasteiger partial charge is 0.385 e. The molecule has 1 rings (SSSR count). The quantitative estimate of drug-likeness (QED) is 0.776. The van der Waals surface area contributed by atoms with Gasteiger partial charge in [-0.2, -0.15) is 0 Å². The van der Waals surface area contributed by atoms with Gasteiger partial charge in [0.25, 0.3) is 6.43 Å². The van der Waals surface area contributed by atoms with Crippen LogP contribution >= 0.6 is 0 Å². The van der Waals surface area contributed by atoms with Crippen LogP contribution in [-0.2, 0) is 0 Å². The number of alkyl halides is 2. The number of aliphatic hydroxyl groups excluding tert-OH is 1. The van der Waals surface area contributed by atoms with Gasteiger partial charge in [-0.15, -0.1) is 0 Å². The Hall–Kier alpha value is -1.23. The highest BCUT2D eigenvalue weighted by Crippen LogP contribution is 2.08. The normalized spacial score (nSPS) is 12.9. The predicted molar refractivity (Wildman–Crippen MR) is 49.5 cm³/mol. The minimum Gasteiger partial charge on any atom is -0.385 e. The van der Waals surface area contributed by atoms with Crippen molar-refractivity contribution in [2.75, 3.05) is 11.9 Å². The summed E-state index contributed by atoms with van der Waals surface area (Å²) in [5.41, 5.74) is 1.47. The van der Waals surface area contributed by atoms with Crippen LogP contribution in [0.2, 0.25) is 0 Å². The van der Waals surface area contributed by atoms with E-state index in [0.717, 1.165) is 5.69 Å². The number of nitrogens with zero attached hydrogens (tertiary/aromatic N) is 1. The molecule has 14 heavy (non-hydrogen) atoms. The highest BCUT2D eigenvalue weighted by atomic mass is 19.3. The van der Waals surface area contributed by atoms with Crippen molar-refractivity contribution in [3.63, 3.8) is 0 Å². The van der Waals surface area contributed by atoms with Crippen LogP contribution in [-0.4, -0.2) is 29.2 Å². The van der Waals surface area contributed by atoms with E-state index in [1.807, 2.05) is 0 Å². The second-order valence-electron chi connectivity index (χ2n) is 2.97. The molecule has 3 nitrogen and oxygen atoms in total. The van der Waals surface area contributed by atoms with Crippen LogP contribution < -0.4 is 5.32 Å². The molecule has 0 saturated carbocycles. The van der Waals surface area contributed by atoms with E-state index in [-0.39, 0.29) is 6.54 Å². The van der Waals surface area contributed by atoms with Gasteiger partial charge in [0, 0.05) is 24.1 Å². The average molecular weight is 202 g/mol. The summed E-state index contributed by atoms with van der Waals surface area (Å²) in [6, 6.07) is 3.38. The van der Waals surface area contributed by atoms with Crippen LogP contribution in [0.4, 0.5) is 14.5 Å². The van der Waals surface area contributed by atoms with E-state index in [2.05, 4.69) is 10.3 Å². The monoisotopic (exact) mass is 202 g/mol. The fourth-order valence-electron chi connectivity index (χ4n) is 0.967. The average Bonchev–Trinajstić information content (AvgIpc) is 2.14. The van der Waals surface area contributed by atoms with Crippen molar-refractivity contribution < 1.29 is 13.9 Å². The van der Waals surface area contributed by atoms with Gasteiger partial charge in [-0.05, 0) is 19.1 Å². The number of rotatable bonds is 4. The van der Waals surface area contributed by atoms with Gasteiger partial charge < -0.3 is 10.4 Å². The summed E-state index contributed by atoms with van der Waals surface area (Å²) in [5, 5.41) is 11.5. The van der Waals surface area contributed by atoms with E-state index < -0.39 is 12.5 Å². The van der Waals surface area contributed by atoms with Crippen LogP contribution in [0.3, 0.4) is 0 Å². The maximum Gasteiger partial charge on any atom is 0.265 e. The van der Waals surface area contributed by atoms with Gasteiger partial charge in [0.05, 0.1) is 0 Å². The third-order valence-electron chi connectivity index (χ3n) is 1.70. The number of pyridine rings is 1. The third kappa shape index (κ3) is 3.26. The molecule has 0 aliphatic heterocycles.